The first-order valence-electron chi connectivity index (χ1n) is 11.4. The van der Waals surface area contributed by atoms with E-state index in [0.717, 1.165) is 4.31 Å². The molecule has 11 heteroatoms. The minimum atomic E-state index is -3.84. The van der Waals surface area contributed by atoms with Gasteiger partial charge in [-0.15, -0.1) is 0 Å². The topological polar surface area (TPSA) is 105 Å². The molecule has 0 aliphatic carbocycles. The van der Waals surface area contributed by atoms with Gasteiger partial charge in [0.2, 0.25) is 21.8 Å². The Kier molecular flexibility index (Phi) is 8.85. The van der Waals surface area contributed by atoms with E-state index in [-0.39, 0.29) is 23.9 Å². The van der Waals surface area contributed by atoms with E-state index in [1.54, 1.807) is 49.4 Å². The second kappa shape index (κ2) is 11.6. The van der Waals surface area contributed by atoms with Gasteiger partial charge in [-0.1, -0.05) is 36.7 Å². The summed E-state index contributed by atoms with van der Waals surface area (Å²) < 4.78 is 38.3. The van der Waals surface area contributed by atoms with Crippen molar-refractivity contribution in [1.82, 2.24) is 10.2 Å². The summed E-state index contributed by atoms with van der Waals surface area (Å²) in [5.74, 6) is -0.191. The number of rotatable bonds is 10. The van der Waals surface area contributed by atoms with Crippen molar-refractivity contribution in [2.45, 2.75) is 32.9 Å². The Balaban J connectivity index is 1.99. The van der Waals surface area contributed by atoms with Crippen LogP contribution in [0.3, 0.4) is 0 Å². The smallest absolute Gasteiger partial charge is 0.244 e. The quantitative estimate of drug-likeness (QED) is 0.513. The zero-order valence-corrected chi connectivity index (χ0v) is 21.6. The lowest BCUT2D eigenvalue weighted by Gasteiger charge is -2.33. The van der Waals surface area contributed by atoms with Crippen LogP contribution < -0.4 is 19.1 Å². The van der Waals surface area contributed by atoms with Crippen LogP contribution in [0.1, 0.15) is 25.8 Å². The summed E-state index contributed by atoms with van der Waals surface area (Å²) in [4.78, 5) is 27.7. The van der Waals surface area contributed by atoms with Crippen molar-refractivity contribution >= 4 is 39.1 Å². The predicted octanol–water partition coefficient (Wildman–Crippen LogP) is 2.82. The molecule has 35 heavy (non-hydrogen) atoms. The third-order valence-electron chi connectivity index (χ3n) is 5.72. The molecule has 0 radical (unpaired) electrons. The third-order valence-corrected chi connectivity index (χ3v) is 7.83. The van der Waals surface area contributed by atoms with Gasteiger partial charge in [0.1, 0.15) is 25.8 Å². The minimum absolute atomic E-state index is 0.0472. The van der Waals surface area contributed by atoms with Gasteiger partial charge in [0.05, 0.1) is 11.4 Å². The fourth-order valence-corrected chi connectivity index (χ4v) is 5.05. The third kappa shape index (κ3) is 6.18. The van der Waals surface area contributed by atoms with Crippen LogP contribution in [0.5, 0.6) is 11.5 Å². The predicted molar refractivity (Wildman–Crippen MR) is 134 cm³/mol. The van der Waals surface area contributed by atoms with Crippen molar-refractivity contribution in [2.24, 2.45) is 0 Å². The fourth-order valence-electron chi connectivity index (χ4n) is 3.80. The first-order chi connectivity index (χ1) is 16.7. The fraction of sp³-hybridized carbons (Fsp3) is 0.417. The van der Waals surface area contributed by atoms with E-state index in [1.165, 1.54) is 18.9 Å². The van der Waals surface area contributed by atoms with Gasteiger partial charge in [0.15, 0.2) is 11.5 Å². The number of anilines is 1. The van der Waals surface area contributed by atoms with Gasteiger partial charge in [-0.3, -0.25) is 13.9 Å². The van der Waals surface area contributed by atoms with Crippen molar-refractivity contribution in [3.05, 3.63) is 53.1 Å². The molecule has 2 aromatic rings. The molecular formula is C24H30ClN3O6S. The van der Waals surface area contributed by atoms with Crippen molar-refractivity contribution in [2.75, 3.05) is 36.9 Å². The average molecular weight is 524 g/mol. The molecule has 1 atom stereocenters. The molecule has 190 valence electrons. The standard InChI is InChI=1S/C24H30ClN3O6S/c1-4-20(24(30)26-3)27(15-17-8-6-7-9-19(17)25)23(29)16-28(35(31,32)5-2)18-10-11-21-22(14-18)34-13-12-33-21/h6-11,14,20H,4-5,12-13,15-16H2,1-3H3,(H,26,30). The molecule has 1 aliphatic rings. The Morgan fingerprint density at radius 2 is 1.77 bits per heavy atom. The van der Waals surface area contributed by atoms with Crippen LogP contribution in [0.2, 0.25) is 5.02 Å². The van der Waals surface area contributed by atoms with E-state index < -0.39 is 28.5 Å². The van der Waals surface area contributed by atoms with Crippen molar-refractivity contribution in [3.63, 3.8) is 0 Å². The second-order valence-corrected chi connectivity index (χ2v) is 10.5. The molecular weight excluding hydrogens is 494 g/mol. The first kappa shape index (κ1) is 26.6. The molecule has 0 saturated heterocycles. The zero-order chi connectivity index (χ0) is 25.6. The summed E-state index contributed by atoms with van der Waals surface area (Å²) in [5, 5.41) is 3.03. The number of benzene rings is 2. The molecule has 0 saturated carbocycles. The molecule has 2 aromatic carbocycles. The molecule has 0 aromatic heterocycles. The molecule has 1 unspecified atom stereocenters. The van der Waals surface area contributed by atoms with Crippen molar-refractivity contribution < 1.29 is 27.5 Å². The number of ether oxygens (including phenoxy) is 2. The number of halogens is 1. The van der Waals surface area contributed by atoms with Gasteiger partial charge in [0.25, 0.3) is 0 Å². The van der Waals surface area contributed by atoms with Gasteiger partial charge in [-0.05, 0) is 37.1 Å². The van der Waals surface area contributed by atoms with E-state index in [1.807, 2.05) is 0 Å². The summed E-state index contributed by atoms with van der Waals surface area (Å²) in [7, 11) is -2.35. The molecule has 1 N–H and O–H groups in total. The molecule has 9 nitrogen and oxygen atoms in total. The number of fused-ring (bicyclic) bond motifs is 1. The Labute approximate surface area is 211 Å². The van der Waals surface area contributed by atoms with Crippen LogP contribution in [0.15, 0.2) is 42.5 Å². The summed E-state index contributed by atoms with van der Waals surface area (Å²) in [6.07, 6.45) is 0.334. The molecule has 0 fully saturated rings. The number of hydrogen-bond acceptors (Lipinski definition) is 6. The minimum Gasteiger partial charge on any atom is -0.486 e. The Bertz CT molecular complexity index is 1170. The van der Waals surface area contributed by atoms with Crippen LogP contribution in [0.4, 0.5) is 5.69 Å². The van der Waals surface area contributed by atoms with Gasteiger partial charge in [-0.25, -0.2) is 8.42 Å². The zero-order valence-electron chi connectivity index (χ0n) is 20.0. The summed E-state index contributed by atoms with van der Waals surface area (Å²) in [6.45, 7) is 3.59. The normalized spacial score (nSPS) is 13.6. The average Bonchev–Trinajstić information content (AvgIpc) is 2.87. The van der Waals surface area contributed by atoms with Crippen molar-refractivity contribution in [1.29, 1.82) is 0 Å². The van der Waals surface area contributed by atoms with Gasteiger partial charge < -0.3 is 19.7 Å². The van der Waals surface area contributed by atoms with E-state index in [9.17, 15) is 18.0 Å². The monoisotopic (exact) mass is 523 g/mol. The van der Waals surface area contributed by atoms with Crippen molar-refractivity contribution in [3.8, 4) is 11.5 Å². The molecule has 1 heterocycles. The number of nitrogens with one attached hydrogen (secondary N) is 1. The highest BCUT2D eigenvalue weighted by atomic mass is 35.5. The van der Waals surface area contributed by atoms with Crippen LogP contribution in [-0.4, -0.2) is 63.7 Å². The lowest BCUT2D eigenvalue weighted by Crippen LogP contribution is -2.52. The summed E-state index contributed by atoms with van der Waals surface area (Å²) in [6, 6.07) is 10.9. The summed E-state index contributed by atoms with van der Waals surface area (Å²) >= 11 is 6.33. The number of likely N-dealkylation sites (N-methyl/N-ethyl adjacent to an activating group) is 1. The van der Waals surface area contributed by atoms with E-state index in [4.69, 9.17) is 21.1 Å². The maximum absolute atomic E-state index is 13.7. The van der Waals surface area contributed by atoms with E-state index >= 15 is 0 Å². The van der Waals surface area contributed by atoms with Crippen LogP contribution >= 0.6 is 11.6 Å². The van der Waals surface area contributed by atoms with Gasteiger partial charge in [0, 0.05) is 24.7 Å². The Morgan fingerprint density at radius 3 is 2.40 bits per heavy atom. The lowest BCUT2D eigenvalue weighted by molar-refractivity contribution is -0.140. The number of amides is 2. The molecule has 0 bridgehead atoms. The highest BCUT2D eigenvalue weighted by molar-refractivity contribution is 7.92. The Morgan fingerprint density at radius 1 is 1.09 bits per heavy atom. The largest absolute Gasteiger partial charge is 0.486 e. The second-order valence-electron chi connectivity index (χ2n) is 7.89. The highest BCUT2D eigenvalue weighted by Crippen LogP contribution is 2.35. The number of hydrogen-bond donors (Lipinski definition) is 1. The SMILES string of the molecule is CCC(C(=O)NC)N(Cc1ccccc1Cl)C(=O)CN(c1ccc2c(c1)OCCO2)S(=O)(=O)CC. The van der Waals surface area contributed by atoms with E-state index in [0.29, 0.717) is 41.7 Å². The first-order valence-corrected chi connectivity index (χ1v) is 13.3. The molecule has 2 amide bonds. The Hall–Kier alpha value is -2.98. The highest BCUT2D eigenvalue weighted by Gasteiger charge is 2.32. The maximum Gasteiger partial charge on any atom is 0.244 e. The van der Waals surface area contributed by atoms with Gasteiger partial charge in [-0.2, -0.15) is 0 Å². The number of carbonyl (C=O) groups excluding carboxylic acids is 2. The lowest BCUT2D eigenvalue weighted by atomic mass is 10.1. The maximum atomic E-state index is 13.7. The van der Waals surface area contributed by atoms with Crippen LogP contribution in [0, 0.1) is 0 Å². The summed E-state index contributed by atoms with van der Waals surface area (Å²) in [5.41, 5.74) is 0.921. The molecule has 3 rings (SSSR count). The molecule has 0 spiro atoms. The molecule has 1 aliphatic heterocycles. The van der Waals surface area contributed by atoms with Crippen LogP contribution in [0.25, 0.3) is 0 Å². The number of nitrogens with zero attached hydrogens (tertiary/aromatic N) is 2. The number of sulfonamides is 1. The number of carbonyl (C=O) groups is 2. The van der Waals surface area contributed by atoms with Gasteiger partial charge >= 0.3 is 0 Å². The van der Waals surface area contributed by atoms with E-state index in [2.05, 4.69) is 5.32 Å². The van der Waals surface area contributed by atoms with Crippen LogP contribution in [-0.2, 0) is 26.2 Å².